The molecule has 0 unspecified atom stereocenters. The van der Waals surface area contributed by atoms with E-state index in [9.17, 15) is 4.79 Å². The predicted molar refractivity (Wildman–Crippen MR) is 77.6 cm³/mol. The van der Waals surface area contributed by atoms with Gasteiger partial charge < -0.3 is 11.1 Å². The van der Waals surface area contributed by atoms with Gasteiger partial charge in [0.2, 0.25) is 0 Å². The summed E-state index contributed by atoms with van der Waals surface area (Å²) in [6, 6.07) is 0. The third-order valence-electron chi connectivity index (χ3n) is 2.66. The zero-order valence-corrected chi connectivity index (χ0v) is 12.5. The maximum Gasteiger partial charge on any atom is 0.270 e. The minimum atomic E-state index is -0.152. The molecule has 102 valence electrons. The lowest BCUT2D eigenvalue weighted by atomic mass is 10.4. The van der Waals surface area contributed by atoms with Crippen molar-refractivity contribution in [3.8, 4) is 0 Å². The molecule has 5 nitrogen and oxygen atoms in total. The highest BCUT2D eigenvalue weighted by atomic mass is 32.1. The Hall–Kier alpha value is -1.31. The molecule has 0 aliphatic carbocycles. The maximum atomic E-state index is 11.8. The number of rotatable bonds is 5. The lowest BCUT2D eigenvalue weighted by molar-refractivity contribution is 0.0949. The van der Waals surface area contributed by atoms with Gasteiger partial charge in [-0.25, -0.2) is 9.97 Å². The van der Waals surface area contributed by atoms with Gasteiger partial charge in [-0.15, -0.1) is 22.7 Å². The fraction of sp³-hybridized carbons (Fsp3) is 0.417. The van der Waals surface area contributed by atoms with Crippen molar-refractivity contribution in [2.45, 2.75) is 26.8 Å². The smallest absolute Gasteiger partial charge is 0.270 e. The zero-order valence-electron chi connectivity index (χ0n) is 10.9. The summed E-state index contributed by atoms with van der Waals surface area (Å²) in [7, 11) is 0. The number of hydrogen-bond donors (Lipinski definition) is 2. The van der Waals surface area contributed by atoms with Gasteiger partial charge in [0.25, 0.3) is 5.91 Å². The van der Waals surface area contributed by atoms with Gasteiger partial charge in [-0.05, 0) is 13.8 Å². The summed E-state index contributed by atoms with van der Waals surface area (Å²) < 4.78 is 0. The lowest BCUT2D eigenvalue weighted by Crippen LogP contribution is -2.26. The summed E-state index contributed by atoms with van der Waals surface area (Å²) in [5, 5.41) is 6.40. The lowest BCUT2D eigenvalue weighted by Gasteiger charge is -2.00. The van der Waals surface area contributed by atoms with Crippen LogP contribution in [0.2, 0.25) is 0 Å². The number of nitrogens with zero attached hydrogens (tertiary/aromatic N) is 2. The monoisotopic (exact) mass is 296 g/mol. The van der Waals surface area contributed by atoms with Crippen molar-refractivity contribution in [2.24, 2.45) is 5.73 Å². The number of aryl methyl sites for hydroxylation is 2. The van der Waals surface area contributed by atoms with Crippen LogP contribution in [-0.4, -0.2) is 22.4 Å². The van der Waals surface area contributed by atoms with E-state index in [1.54, 1.807) is 16.7 Å². The minimum Gasteiger partial charge on any atom is -0.350 e. The highest BCUT2D eigenvalue weighted by Gasteiger charge is 2.10. The van der Waals surface area contributed by atoms with Crippen LogP contribution in [0.5, 0.6) is 0 Å². The molecule has 0 radical (unpaired) electrons. The van der Waals surface area contributed by atoms with Crippen LogP contribution < -0.4 is 11.1 Å². The quantitative estimate of drug-likeness (QED) is 0.879. The molecule has 1 amide bonds. The summed E-state index contributed by atoms with van der Waals surface area (Å²) in [5.74, 6) is -0.152. The molecule has 2 rings (SSSR count). The van der Waals surface area contributed by atoms with E-state index in [0.717, 1.165) is 22.1 Å². The molecular formula is C12H16N4OS2. The summed E-state index contributed by atoms with van der Waals surface area (Å²) in [6.07, 6.45) is 0.749. The molecule has 0 fully saturated rings. The topological polar surface area (TPSA) is 80.9 Å². The fourth-order valence-electron chi connectivity index (χ4n) is 1.53. The van der Waals surface area contributed by atoms with Gasteiger partial charge in [-0.1, -0.05) is 0 Å². The van der Waals surface area contributed by atoms with Gasteiger partial charge in [-0.2, -0.15) is 0 Å². The van der Waals surface area contributed by atoms with Gasteiger partial charge in [-0.3, -0.25) is 4.79 Å². The molecule has 2 aromatic rings. The van der Waals surface area contributed by atoms with Crippen LogP contribution in [0, 0.1) is 13.8 Å². The van der Waals surface area contributed by atoms with Crippen LogP contribution in [0.3, 0.4) is 0 Å². The van der Waals surface area contributed by atoms with Crippen LogP contribution in [-0.2, 0) is 13.0 Å². The molecule has 0 aliphatic heterocycles. The number of carbonyl (C=O) groups is 1. The molecule has 0 saturated heterocycles. The molecule has 0 aliphatic rings. The highest BCUT2D eigenvalue weighted by Crippen LogP contribution is 2.16. The Labute approximate surface area is 119 Å². The molecule has 0 bridgehead atoms. The molecule has 19 heavy (non-hydrogen) atoms. The first-order valence-electron chi connectivity index (χ1n) is 5.95. The number of nitrogens with one attached hydrogen (secondary N) is 1. The average molecular weight is 296 g/mol. The van der Waals surface area contributed by atoms with Gasteiger partial charge in [0, 0.05) is 29.8 Å². The number of amides is 1. The average Bonchev–Trinajstić information content (AvgIpc) is 2.97. The number of hydrogen-bond acceptors (Lipinski definition) is 6. The van der Waals surface area contributed by atoms with Crippen molar-refractivity contribution >= 4 is 28.6 Å². The second-order valence-corrected chi connectivity index (χ2v) is 6.32. The van der Waals surface area contributed by atoms with E-state index in [1.807, 2.05) is 6.92 Å². The summed E-state index contributed by atoms with van der Waals surface area (Å²) in [5.41, 5.74) is 6.97. The number of aromatic nitrogens is 2. The van der Waals surface area contributed by atoms with Crippen LogP contribution in [0.4, 0.5) is 0 Å². The molecule has 2 heterocycles. The second kappa shape index (κ2) is 6.23. The van der Waals surface area contributed by atoms with Gasteiger partial charge >= 0.3 is 0 Å². The van der Waals surface area contributed by atoms with Crippen molar-refractivity contribution in [3.63, 3.8) is 0 Å². The fourth-order valence-corrected chi connectivity index (χ4v) is 3.12. The van der Waals surface area contributed by atoms with Crippen molar-refractivity contribution in [3.05, 3.63) is 31.7 Å². The van der Waals surface area contributed by atoms with Gasteiger partial charge in [0.15, 0.2) is 0 Å². The molecule has 0 spiro atoms. The van der Waals surface area contributed by atoms with Crippen LogP contribution in [0.25, 0.3) is 0 Å². The molecule has 2 aromatic heterocycles. The first-order valence-corrected chi connectivity index (χ1v) is 7.65. The van der Waals surface area contributed by atoms with E-state index in [2.05, 4.69) is 22.2 Å². The van der Waals surface area contributed by atoms with Crippen molar-refractivity contribution < 1.29 is 4.79 Å². The van der Waals surface area contributed by atoms with Crippen molar-refractivity contribution in [1.29, 1.82) is 0 Å². The molecule has 0 saturated carbocycles. The van der Waals surface area contributed by atoms with E-state index in [4.69, 9.17) is 5.73 Å². The Morgan fingerprint density at radius 3 is 2.74 bits per heavy atom. The zero-order chi connectivity index (χ0) is 13.8. The third-order valence-corrected chi connectivity index (χ3v) is 4.66. The van der Waals surface area contributed by atoms with Crippen LogP contribution in [0.1, 0.15) is 31.1 Å². The summed E-state index contributed by atoms with van der Waals surface area (Å²) >= 11 is 3.08. The van der Waals surface area contributed by atoms with Gasteiger partial charge in [0.1, 0.15) is 10.7 Å². The van der Waals surface area contributed by atoms with E-state index in [0.29, 0.717) is 18.8 Å². The molecule has 0 aromatic carbocycles. The number of thiazole rings is 2. The first-order chi connectivity index (χ1) is 9.10. The first kappa shape index (κ1) is 14.1. The molecule has 0 atom stereocenters. The Kier molecular flexibility index (Phi) is 4.62. The Morgan fingerprint density at radius 1 is 1.37 bits per heavy atom. The third kappa shape index (κ3) is 3.59. The van der Waals surface area contributed by atoms with E-state index >= 15 is 0 Å². The van der Waals surface area contributed by atoms with E-state index in [1.165, 1.54) is 16.2 Å². The normalized spacial score (nSPS) is 10.7. The predicted octanol–water partition coefficient (Wildman–Crippen LogP) is 1.65. The Morgan fingerprint density at radius 2 is 2.16 bits per heavy atom. The molecule has 3 N–H and O–H groups in total. The largest absolute Gasteiger partial charge is 0.350 e. The SMILES string of the molecule is Cc1nc(CCNC(=O)c2csc(CN)n2)sc1C. The van der Waals surface area contributed by atoms with E-state index in [-0.39, 0.29) is 5.91 Å². The van der Waals surface area contributed by atoms with Crippen molar-refractivity contribution in [1.82, 2.24) is 15.3 Å². The van der Waals surface area contributed by atoms with Gasteiger partial charge in [0.05, 0.1) is 10.7 Å². The maximum absolute atomic E-state index is 11.8. The summed E-state index contributed by atoms with van der Waals surface area (Å²) in [4.78, 5) is 21.6. The number of nitrogens with two attached hydrogens (primary N) is 1. The Bertz CT molecular complexity index is 557. The highest BCUT2D eigenvalue weighted by molar-refractivity contribution is 7.11. The van der Waals surface area contributed by atoms with Crippen LogP contribution in [0.15, 0.2) is 5.38 Å². The molecular weight excluding hydrogens is 280 g/mol. The minimum absolute atomic E-state index is 0.152. The van der Waals surface area contributed by atoms with Crippen LogP contribution >= 0.6 is 22.7 Å². The standard InChI is InChI=1S/C12H16N4OS2/c1-7-8(2)19-10(15-7)3-4-14-12(17)9-6-18-11(5-13)16-9/h6H,3-5,13H2,1-2H3,(H,14,17). The van der Waals surface area contributed by atoms with E-state index < -0.39 is 0 Å². The summed E-state index contributed by atoms with van der Waals surface area (Å²) in [6.45, 7) is 4.99. The Balaban J connectivity index is 1.83. The second-order valence-electron chi connectivity index (χ2n) is 4.09. The number of carbonyl (C=O) groups excluding carboxylic acids is 1. The molecule has 7 heteroatoms. The van der Waals surface area contributed by atoms with Crippen molar-refractivity contribution in [2.75, 3.05) is 6.54 Å².